The van der Waals surface area contributed by atoms with Gasteiger partial charge in [-0.3, -0.25) is 9.69 Å². The number of ether oxygens (including phenoxy) is 2. The van der Waals surface area contributed by atoms with Crippen LogP contribution in [0.1, 0.15) is 47.8 Å². The zero-order valence-electron chi connectivity index (χ0n) is 23.6. The summed E-state index contributed by atoms with van der Waals surface area (Å²) in [4.78, 5) is 29.6. The van der Waals surface area contributed by atoms with Gasteiger partial charge in [0, 0.05) is 36.0 Å². The highest BCUT2D eigenvalue weighted by Gasteiger charge is 2.38. The smallest absolute Gasteiger partial charge is 0.349 e. The number of ketones is 1. The van der Waals surface area contributed by atoms with E-state index < -0.39 is 5.60 Å². The summed E-state index contributed by atoms with van der Waals surface area (Å²) in [7, 11) is 0. The molecular formula is C33H39NO4S. The van der Waals surface area contributed by atoms with E-state index in [1.807, 2.05) is 49.6 Å². The van der Waals surface area contributed by atoms with E-state index in [1.165, 1.54) is 5.56 Å². The van der Waals surface area contributed by atoms with E-state index in [4.69, 9.17) is 9.47 Å². The maximum absolute atomic E-state index is 13.7. The van der Waals surface area contributed by atoms with Gasteiger partial charge in [-0.2, -0.15) is 0 Å². The van der Waals surface area contributed by atoms with E-state index >= 15 is 0 Å². The van der Waals surface area contributed by atoms with Crippen molar-refractivity contribution in [2.24, 2.45) is 11.8 Å². The van der Waals surface area contributed by atoms with Crippen LogP contribution in [0, 0.1) is 18.8 Å². The number of hydrogen-bond acceptors (Lipinski definition) is 6. The van der Waals surface area contributed by atoms with Crippen molar-refractivity contribution in [1.82, 2.24) is 4.90 Å². The predicted molar refractivity (Wildman–Crippen MR) is 157 cm³/mol. The first kappa shape index (κ1) is 28.9. The number of likely N-dealkylation sites (tertiary alicyclic amines) is 1. The third-order valence-electron chi connectivity index (χ3n) is 7.35. The Balaban J connectivity index is 1.52. The molecule has 0 bridgehead atoms. The summed E-state index contributed by atoms with van der Waals surface area (Å²) in [6, 6.07) is 24.5. The molecule has 3 aromatic carbocycles. The van der Waals surface area contributed by atoms with Gasteiger partial charge >= 0.3 is 5.97 Å². The Morgan fingerprint density at radius 3 is 2.33 bits per heavy atom. The van der Waals surface area contributed by atoms with Gasteiger partial charge in [0.2, 0.25) is 0 Å². The molecule has 1 saturated heterocycles. The molecule has 4 rings (SSSR count). The second-order valence-corrected chi connectivity index (χ2v) is 11.7. The summed E-state index contributed by atoms with van der Waals surface area (Å²) in [5, 5.41) is 0. The quantitative estimate of drug-likeness (QED) is 0.154. The topological polar surface area (TPSA) is 55.8 Å². The maximum atomic E-state index is 13.7. The molecule has 6 heteroatoms. The minimum Gasteiger partial charge on any atom is -0.476 e. The molecule has 0 radical (unpaired) electrons. The molecule has 0 spiro atoms. The molecule has 3 aromatic rings. The second kappa shape index (κ2) is 12.8. The van der Waals surface area contributed by atoms with Crippen LogP contribution in [0.5, 0.6) is 5.75 Å². The summed E-state index contributed by atoms with van der Waals surface area (Å²) >= 11 is 1.68. The van der Waals surface area contributed by atoms with Crippen molar-refractivity contribution in [2.45, 2.75) is 51.2 Å². The molecule has 0 amide bonds. The molecular weight excluding hydrogens is 506 g/mol. The summed E-state index contributed by atoms with van der Waals surface area (Å²) in [5.41, 5.74) is 3.09. The van der Waals surface area contributed by atoms with Crippen LogP contribution in [-0.2, 0) is 22.5 Å². The van der Waals surface area contributed by atoms with E-state index in [-0.39, 0.29) is 23.6 Å². The maximum Gasteiger partial charge on any atom is 0.349 e. The standard InChI is InChI=1S/C33H39NO4S/c1-6-37-32(36)33(3,4)38-30-17-12-25(18-23(30)2)19-27-21-34(20-24-10-8-7-9-11-24)22-29(27)31(35)26-13-15-28(39-5)16-14-26/h7-18,27,29H,6,19-22H2,1-5H3/t27-,29?/m0/s1. The van der Waals surface area contributed by atoms with Crippen LogP contribution in [0.15, 0.2) is 77.7 Å². The van der Waals surface area contributed by atoms with Gasteiger partial charge in [-0.15, -0.1) is 11.8 Å². The van der Waals surface area contributed by atoms with Crippen molar-refractivity contribution in [1.29, 1.82) is 0 Å². The number of esters is 1. The summed E-state index contributed by atoms with van der Waals surface area (Å²) in [5.74, 6) is 0.618. The fourth-order valence-electron chi connectivity index (χ4n) is 5.28. The average molecular weight is 546 g/mol. The predicted octanol–water partition coefficient (Wildman–Crippen LogP) is 6.61. The number of hydrogen-bond donors (Lipinski definition) is 0. The van der Waals surface area contributed by atoms with Crippen molar-refractivity contribution in [3.63, 3.8) is 0 Å². The minimum absolute atomic E-state index is 0.0761. The second-order valence-electron chi connectivity index (χ2n) is 10.8. The van der Waals surface area contributed by atoms with E-state index in [1.54, 1.807) is 32.5 Å². The van der Waals surface area contributed by atoms with Crippen molar-refractivity contribution < 1.29 is 19.1 Å². The first-order valence-electron chi connectivity index (χ1n) is 13.6. The van der Waals surface area contributed by atoms with Crippen LogP contribution in [-0.4, -0.2) is 48.2 Å². The molecule has 5 nitrogen and oxygen atoms in total. The molecule has 1 unspecified atom stereocenters. The molecule has 0 aliphatic carbocycles. The molecule has 1 fully saturated rings. The van der Waals surface area contributed by atoms with Gasteiger partial charge in [-0.05, 0) is 81.2 Å². The lowest BCUT2D eigenvalue weighted by Gasteiger charge is -2.25. The number of Topliss-reactive ketones (excluding diaryl/α,β-unsaturated/α-hetero) is 1. The van der Waals surface area contributed by atoms with Crippen molar-refractivity contribution >= 4 is 23.5 Å². The monoisotopic (exact) mass is 545 g/mol. The van der Waals surface area contributed by atoms with Gasteiger partial charge in [0.05, 0.1) is 6.61 Å². The van der Waals surface area contributed by atoms with Crippen LogP contribution in [0.4, 0.5) is 0 Å². The minimum atomic E-state index is -1.07. The van der Waals surface area contributed by atoms with E-state index in [9.17, 15) is 9.59 Å². The molecule has 206 valence electrons. The van der Waals surface area contributed by atoms with Gasteiger partial charge in [0.15, 0.2) is 11.4 Å². The number of nitrogens with zero attached hydrogens (tertiary/aromatic N) is 1. The molecule has 0 N–H and O–H groups in total. The zero-order valence-corrected chi connectivity index (χ0v) is 24.4. The van der Waals surface area contributed by atoms with E-state index in [0.29, 0.717) is 12.4 Å². The first-order chi connectivity index (χ1) is 18.7. The van der Waals surface area contributed by atoms with Crippen LogP contribution in [0.2, 0.25) is 0 Å². The Kier molecular flexibility index (Phi) is 9.52. The fraction of sp³-hybridized carbons (Fsp3) is 0.394. The van der Waals surface area contributed by atoms with Crippen LogP contribution >= 0.6 is 11.8 Å². The third-order valence-corrected chi connectivity index (χ3v) is 8.09. The van der Waals surface area contributed by atoms with Gasteiger partial charge in [-0.1, -0.05) is 54.6 Å². The van der Waals surface area contributed by atoms with Crippen molar-refractivity contribution in [2.75, 3.05) is 26.0 Å². The Labute approximate surface area is 236 Å². The van der Waals surface area contributed by atoms with Crippen molar-refractivity contribution in [3.05, 3.63) is 95.1 Å². The van der Waals surface area contributed by atoms with Gasteiger partial charge < -0.3 is 9.47 Å². The number of aryl methyl sites for hydroxylation is 1. The number of rotatable bonds is 11. The lowest BCUT2D eigenvalue weighted by molar-refractivity contribution is -0.158. The normalized spacial score (nSPS) is 17.7. The Morgan fingerprint density at radius 2 is 1.69 bits per heavy atom. The Bertz CT molecular complexity index is 1270. The number of carbonyl (C=O) groups excluding carboxylic acids is 2. The summed E-state index contributed by atoms with van der Waals surface area (Å²) in [6.45, 7) is 9.98. The van der Waals surface area contributed by atoms with Gasteiger partial charge in [0.25, 0.3) is 0 Å². The van der Waals surface area contributed by atoms with E-state index in [0.717, 1.165) is 47.6 Å². The summed E-state index contributed by atoms with van der Waals surface area (Å²) in [6.07, 6.45) is 2.84. The Hall–Kier alpha value is -3.09. The van der Waals surface area contributed by atoms with Gasteiger partial charge in [0.1, 0.15) is 5.75 Å². The largest absolute Gasteiger partial charge is 0.476 e. The first-order valence-corrected chi connectivity index (χ1v) is 14.8. The molecule has 0 saturated carbocycles. The fourth-order valence-corrected chi connectivity index (χ4v) is 5.69. The van der Waals surface area contributed by atoms with Crippen LogP contribution in [0.25, 0.3) is 0 Å². The number of benzene rings is 3. The third kappa shape index (κ3) is 7.31. The molecule has 2 atom stereocenters. The zero-order chi connectivity index (χ0) is 28.0. The highest BCUT2D eigenvalue weighted by molar-refractivity contribution is 7.98. The Morgan fingerprint density at radius 1 is 0.974 bits per heavy atom. The lowest BCUT2D eigenvalue weighted by atomic mass is 9.84. The highest BCUT2D eigenvalue weighted by Crippen LogP contribution is 2.33. The SMILES string of the molecule is CCOC(=O)C(C)(C)Oc1ccc(C[C@H]2CN(Cc3ccccc3)CC2C(=O)c2ccc(SC)cc2)cc1C. The molecule has 1 heterocycles. The highest BCUT2D eigenvalue weighted by atomic mass is 32.2. The van der Waals surface area contributed by atoms with Crippen LogP contribution < -0.4 is 4.74 Å². The van der Waals surface area contributed by atoms with Crippen LogP contribution in [0.3, 0.4) is 0 Å². The molecule has 1 aliphatic heterocycles. The van der Waals surface area contributed by atoms with Gasteiger partial charge in [-0.25, -0.2) is 4.79 Å². The average Bonchev–Trinajstić information content (AvgIpc) is 3.32. The number of carbonyl (C=O) groups is 2. The lowest BCUT2D eigenvalue weighted by Crippen LogP contribution is -2.39. The molecule has 1 aliphatic rings. The number of thioether (sulfide) groups is 1. The van der Waals surface area contributed by atoms with Crippen molar-refractivity contribution in [3.8, 4) is 5.75 Å². The summed E-state index contributed by atoms with van der Waals surface area (Å²) < 4.78 is 11.2. The van der Waals surface area contributed by atoms with E-state index in [2.05, 4.69) is 41.3 Å². The molecule has 39 heavy (non-hydrogen) atoms. The molecule has 0 aromatic heterocycles.